The fourth-order valence-electron chi connectivity index (χ4n) is 2.38. The summed E-state index contributed by atoms with van der Waals surface area (Å²) < 4.78 is 11.4. The summed E-state index contributed by atoms with van der Waals surface area (Å²) in [5.74, 6) is 2.71. The molecule has 0 unspecified atom stereocenters. The molecule has 0 radical (unpaired) electrons. The minimum atomic E-state index is 0.452. The molecule has 5 heteroatoms. The van der Waals surface area contributed by atoms with Crippen molar-refractivity contribution in [1.29, 1.82) is 0 Å². The van der Waals surface area contributed by atoms with Crippen LogP contribution in [0.4, 0.5) is 0 Å². The highest BCUT2D eigenvalue weighted by Crippen LogP contribution is 2.27. The molecule has 2 aromatic rings. The molecule has 1 aromatic carbocycles. The van der Waals surface area contributed by atoms with Crippen LogP contribution in [0.15, 0.2) is 30.5 Å². The monoisotopic (exact) mass is 259 g/mol. The summed E-state index contributed by atoms with van der Waals surface area (Å²) >= 11 is 0. The van der Waals surface area contributed by atoms with Gasteiger partial charge >= 0.3 is 0 Å². The lowest BCUT2D eigenvalue weighted by Gasteiger charge is -2.12. The topological polar surface area (TPSA) is 60.0 Å². The molecular weight excluding hydrogens is 242 g/mol. The third-order valence-electron chi connectivity index (χ3n) is 3.38. The Bertz CT molecular complexity index is 507. The summed E-state index contributed by atoms with van der Waals surface area (Å²) in [6, 6.07) is 7.62. The third kappa shape index (κ3) is 3.24. The van der Waals surface area contributed by atoms with Crippen LogP contribution in [0, 0.1) is 5.92 Å². The molecule has 0 amide bonds. The molecule has 0 aliphatic heterocycles. The van der Waals surface area contributed by atoms with Crippen LogP contribution in [0.2, 0.25) is 0 Å². The maximum Gasteiger partial charge on any atom is 0.258 e. The molecule has 3 rings (SSSR count). The van der Waals surface area contributed by atoms with Gasteiger partial charge in [-0.2, -0.15) is 0 Å². The number of hydrogen-bond donors (Lipinski definition) is 1. The Balaban J connectivity index is 1.59. The number of hydrogen-bond acceptors (Lipinski definition) is 4. The van der Waals surface area contributed by atoms with Gasteiger partial charge in [-0.1, -0.05) is 29.2 Å². The van der Waals surface area contributed by atoms with Crippen molar-refractivity contribution < 1.29 is 9.47 Å². The van der Waals surface area contributed by atoms with Crippen molar-refractivity contribution in [3.63, 3.8) is 0 Å². The van der Waals surface area contributed by atoms with E-state index in [1.54, 1.807) is 6.20 Å². The largest absolute Gasteiger partial charge is 0.493 e. The molecule has 0 spiro atoms. The molecule has 1 N–H and O–H groups in total. The normalized spacial score (nSPS) is 15.6. The van der Waals surface area contributed by atoms with Gasteiger partial charge < -0.3 is 9.47 Å². The Hall–Kier alpha value is -2.04. The van der Waals surface area contributed by atoms with Crippen molar-refractivity contribution in [2.45, 2.75) is 25.7 Å². The van der Waals surface area contributed by atoms with Crippen LogP contribution in [-0.4, -0.2) is 22.0 Å². The standard InChI is InChI=1S/C14H17N3O2/c1-2-5-11(4-1)10-18-12-6-3-7-13(8-12)19-14-9-15-17-16-14/h3,6-9,11H,1-2,4-5,10H2,(H,15,16,17). The van der Waals surface area contributed by atoms with E-state index in [2.05, 4.69) is 15.4 Å². The lowest BCUT2D eigenvalue weighted by atomic mass is 10.1. The maximum absolute atomic E-state index is 5.83. The minimum absolute atomic E-state index is 0.452. The molecule has 1 aromatic heterocycles. The summed E-state index contributed by atoms with van der Waals surface area (Å²) in [6.45, 7) is 0.799. The smallest absolute Gasteiger partial charge is 0.258 e. The Labute approximate surface area is 111 Å². The molecule has 1 saturated carbocycles. The van der Waals surface area contributed by atoms with Gasteiger partial charge in [0.1, 0.15) is 11.5 Å². The Morgan fingerprint density at radius 3 is 2.84 bits per heavy atom. The minimum Gasteiger partial charge on any atom is -0.493 e. The molecule has 1 fully saturated rings. The summed E-state index contributed by atoms with van der Waals surface area (Å²) in [5.41, 5.74) is 0. The van der Waals surface area contributed by atoms with Crippen molar-refractivity contribution in [1.82, 2.24) is 15.4 Å². The van der Waals surface area contributed by atoms with Gasteiger partial charge in [-0.05, 0) is 30.9 Å². The van der Waals surface area contributed by atoms with E-state index < -0.39 is 0 Å². The van der Waals surface area contributed by atoms with E-state index in [-0.39, 0.29) is 0 Å². The van der Waals surface area contributed by atoms with Crippen molar-refractivity contribution >= 4 is 0 Å². The fourth-order valence-corrected chi connectivity index (χ4v) is 2.38. The molecule has 0 atom stereocenters. The van der Waals surface area contributed by atoms with Crippen molar-refractivity contribution in [2.75, 3.05) is 6.61 Å². The van der Waals surface area contributed by atoms with E-state index in [1.165, 1.54) is 25.7 Å². The average molecular weight is 259 g/mol. The van der Waals surface area contributed by atoms with E-state index in [4.69, 9.17) is 9.47 Å². The number of aromatic nitrogens is 3. The van der Waals surface area contributed by atoms with Crippen LogP contribution >= 0.6 is 0 Å². The summed E-state index contributed by atoms with van der Waals surface area (Å²) in [6.07, 6.45) is 6.85. The molecule has 0 saturated heterocycles. The number of nitrogens with one attached hydrogen (secondary N) is 1. The second-order valence-electron chi connectivity index (χ2n) is 4.85. The highest BCUT2D eigenvalue weighted by Gasteiger charge is 2.15. The highest BCUT2D eigenvalue weighted by atomic mass is 16.5. The summed E-state index contributed by atoms with van der Waals surface area (Å²) in [5, 5.41) is 9.99. The molecule has 1 aliphatic carbocycles. The van der Waals surface area contributed by atoms with E-state index in [0.29, 0.717) is 17.5 Å². The number of H-pyrrole nitrogens is 1. The molecule has 1 aliphatic rings. The van der Waals surface area contributed by atoms with E-state index in [1.807, 2.05) is 24.3 Å². The number of ether oxygens (including phenoxy) is 2. The summed E-state index contributed by atoms with van der Waals surface area (Å²) in [7, 11) is 0. The van der Waals surface area contributed by atoms with E-state index in [9.17, 15) is 0 Å². The molecule has 19 heavy (non-hydrogen) atoms. The average Bonchev–Trinajstić information content (AvgIpc) is 3.10. The van der Waals surface area contributed by atoms with Crippen LogP contribution in [0.5, 0.6) is 17.4 Å². The first-order valence-corrected chi connectivity index (χ1v) is 6.67. The van der Waals surface area contributed by atoms with Gasteiger partial charge in [0.05, 0.1) is 12.8 Å². The van der Waals surface area contributed by atoms with Gasteiger partial charge in [-0.15, -0.1) is 0 Å². The first-order valence-electron chi connectivity index (χ1n) is 6.67. The van der Waals surface area contributed by atoms with Gasteiger partial charge in [-0.25, -0.2) is 0 Å². The third-order valence-corrected chi connectivity index (χ3v) is 3.38. The lowest BCUT2D eigenvalue weighted by Crippen LogP contribution is -2.07. The van der Waals surface area contributed by atoms with E-state index >= 15 is 0 Å². The summed E-state index contributed by atoms with van der Waals surface area (Å²) in [4.78, 5) is 0. The first kappa shape index (κ1) is 12.0. The number of aromatic amines is 1. The van der Waals surface area contributed by atoms with Gasteiger partial charge in [-0.3, -0.25) is 5.10 Å². The molecule has 0 bridgehead atoms. The van der Waals surface area contributed by atoms with Crippen LogP contribution in [0.3, 0.4) is 0 Å². The number of nitrogens with zero attached hydrogens (tertiary/aromatic N) is 2. The second kappa shape index (κ2) is 5.73. The number of rotatable bonds is 5. The van der Waals surface area contributed by atoms with E-state index in [0.717, 1.165) is 12.4 Å². The lowest BCUT2D eigenvalue weighted by molar-refractivity contribution is 0.251. The maximum atomic E-state index is 5.83. The molecular formula is C14H17N3O2. The zero-order chi connectivity index (χ0) is 12.9. The molecule has 5 nitrogen and oxygen atoms in total. The predicted octanol–water partition coefficient (Wildman–Crippen LogP) is 3.17. The quantitative estimate of drug-likeness (QED) is 0.896. The zero-order valence-corrected chi connectivity index (χ0v) is 10.7. The molecule has 100 valence electrons. The zero-order valence-electron chi connectivity index (χ0n) is 10.7. The Morgan fingerprint density at radius 2 is 2.05 bits per heavy atom. The van der Waals surface area contributed by atoms with Crippen LogP contribution in [-0.2, 0) is 0 Å². The number of benzene rings is 1. The van der Waals surface area contributed by atoms with Crippen molar-refractivity contribution in [3.05, 3.63) is 30.5 Å². The highest BCUT2D eigenvalue weighted by molar-refractivity contribution is 5.34. The Kier molecular flexibility index (Phi) is 3.63. The van der Waals surface area contributed by atoms with Gasteiger partial charge in [0.15, 0.2) is 0 Å². The van der Waals surface area contributed by atoms with Crippen LogP contribution in [0.1, 0.15) is 25.7 Å². The SMILES string of the molecule is c1cc(OCC2CCCC2)cc(Oc2c[nH]nn2)c1. The van der Waals surface area contributed by atoms with Crippen molar-refractivity contribution in [2.24, 2.45) is 5.92 Å². The fraction of sp³-hybridized carbons (Fsp3) is 0.429. The predicted molar refractivity (Wildman–Crippen MR) is 70.4 cm³/mol. The molecule has 1 heterocycles. The van der Waals surface area contributed by atoms with Gasteiger partial charge in [0.2, 0.25) is 0 Å². The second-order valence-corrected chi connectivity index (χ2v) is 4.85. The van der Waals surface area contributed by atoms with Crippen LogP contribution in [0.25, 0.3) is 0 Å². The van der Waals surface area contributed by atoms with Gasteiger partial charge in [0.25, 0.3) is 5.88 Å². The van der Waals surface area contributed by atoms with Gasteiger partial charge in [0, 0.05) is 6.07 Å². The van der Waals surface area contributed by atoms with Crippen molar-refractivity contribution in [3.8, 4) is 17.4 Å². The first-order chi connectivity index (χ1) is 9.40. The Morgan fingerprint density at radius 1 is 1.21 bits per heavy atom. The van der Waals surface area contributed by atoms with Crippen LogP contribution < -0.4 is 9.47 Å².